The number of esters is 2. The third-order valence-corrected chi connectivity index (χ3v) is 8.28. The summed E-state index contributed by atoms with van der Waals surface area (Å²) in [6.07, 6.45) is -1.91. The number of ether oxygens (including phenoxy) is 4. The minimum atomic E-state index is -0.954. The first-order valence-electron chi connectivity index (χ1n) is 13.2. The molecule has 2 unspecified atom stereocenters. The fraction of sp³-hybridized carbons (Fsp3) is 0.448. The molecule has 2 aromatic rings. The summed E-state index contributed by atoms with van der Waals surface area (Å²) >= 11 is 2.71. The van der Waals surface area contributed by atoms with E-state index in [4.69, 9.17) is 18.9 Å². The lowest BCUT2D eigenvalue weighted by atomic mass is 9.78. The Balaban J connectivity index is 1.21. The summed E-state index contributed by atoms with van der Waals surface area (Å²) in [5.74, 6) is 1.70. The van der Waals surface area contributed by atoms with Gasteiger partial charge < -0.3 is 29.2 Å². The normalized spacial score (nSPS) is 16.4. The van der Waals surface area contributed by atoms with Crippen LogP contribution in [0.5, 0.6) is 11.5 Å². The Morgan fingerprint density at radius 3 is 1.46 bits per heavy atom. The molecule has 2 aromatic carbocycles. The van der Waals surface area contributed by atoms with Crippen molar-refractivity contribution in [2.45, 2.75) is 31.5 Å². The van der Waals surface area contributed by atoms with Crippen LogP contribution in [0.15, 0.2) is 58.5 Å². The number of aliphatic hydroxyl groups excluding tert-OH is 2. The second-order valence-corrected chi connectivity index (χ2v) is 12.0. The van der Waals surface area contributed by atoms with Gasteiger partial charge in [0.1, 0.15) is 50.1 Å². The van der Waals surface area contributed by atoms with Crippen LogP contribution in [0, 0.1) is 0 Å². The molecule has 41 heavy (non-hydrogen) atoms. The zero-order valence-corrected chi connectivity index (χ0v) is 24.6. The summed E-state index contributed by atoms with van der Waals surface area (Å²) in [6.45, 7) is 5.08. The van der Waals surface area contributed by atoms with E-state index in [-0.39, 0.29) is 31.8 Å². The Kier molecular flexibility index (Phi) is 11.1. The maximum absolute atomic E-state index is 11.9. The molecule has 2 atom stereocenters. The summed E-state index contributed by atoms with van der Waals surface area (Å²) in [5.41, 5.74) is 1.80. The lowest BCUT2D eigenvalue weighted by Crippen LogP contribution is -2.27. The SMILES string of the molecule is CC(C)(c1ccc(OCC(O)COC(=O)C2=NCCS2)cc1)c1ccc(OCC(O)COC(=O)C2=NCCS2)cc1. The van der Waals surface area contributed by atoms with E-state index in [0.29, 0.717) is 34.7 Å². The highest BCUT2D eigenvalue weighted by Gasteiger charge is 2.24. The minimum Gasteiger partial charge on any atom is -0.491 e. The van der Waals surface area contributed by atoms with E-state index in [0.717, 1.165) is 22.6 Å². The lowest BCUT2D eigenvalue weighted by molar-refractivity contribution is -0.139. The van der Waals surface area contributed by atoms with Crippen molar-refractivity contribution < 1.29 is 38.7 Å². The van der Waals surface area contributed by atoms with Crippen molar-refractivity contribution in [1.29, 1.82) is 0 Å². The van der Waals surface area contributed by atoms with Gasteiger partial charge in [0.25, 0.3) is 0 Å². The van der Waals surface area contributed by atoms with Gasteiger partial charge in [-0.2, -0.15) is 0 Å². The second kappa shape index (κ2) is 14.7. The number of rotatable bonds is 14. The fourth-order valence-corrected chi connectivity index (χ4v) is 5.44. The molecule has 0 aliphatic carbocycles. The fourth-order valence-electron chi connectivity index (χ4n) is 3.97. The van der Waals surface area contributed by atoms with Gasteiger partial charge in [0.2, 0.25) is 0 Å². The van der Waals surface area contributed by atoms with Crippen LogP contribution in [0.2, 0.25) is 0 Å². The second-order valence-electron chi connectivity index (χ2n) is 9.87. The summed E-state index contributed by atoms with van der Waals surface area (Å²) in [5, 5.41) is 20.9. The first-order valence-corrected chi connectivity index (χ1v) is 15.2. The molecule has 0 saturated heterocycles. The minimum absolute atomic E-state index is 0.0113. The predicted octanol–water partition coefficient (Wildman–Crippen LogP) is 2.87. The maximum atomic E-state index is 11.9. The van der Waals surface area contributed by atoms with Crippen LogP contribution in [0.1, 0.15) is 25.0 Å². The number of aliphatic imine (C=N–C) groups is 2. The van der Waals surface area contributed by atoms with Gasteiger partial charge in [-0.15, -0.1) is 0 Å². The van der Waals surface area contributed by atoms with E-state index >= 15 is 0 Å². The molecule has 4 rings (SSSR count). The van der Waals surface area contributed by atoms with Crippen molar-refractivity contribution in [2.24, 2.45) is 9.98 Å². The van der Waals surface area contributed by atoms with Crippen LogP contribution in [-0.4, -0.2) is 95.5 Å². The van der Waals surface area contributed by atoms with Crippen LogP contribution in [-0.2, 0) is 24.5 Å². The van der Waals surface area contributed by atoms with E-state index in [1.807, 2.05) is 48.5 Å². The van der Waals surface area contributed by atoms with E-state index in [2.05, 4.69) is 23.8 Å². The van der Waals surface area contributed by atoms with Gasteiger partial charge in [0.15, 0.2) is 10.1 Å². The van der Waals surface area contributed by atoms with Gasteiger partial charge in [-0.25, -0.2) is 9.59 Å². The first-order chi connectivity index (χ1) is 19.7. The molecule has 220 valence electrons. The Labute approximate surface area is 247 Å². The molecule has 0 spiro atoms. The topological polar surface area (TPSA) is 136 Å². The highest BCUT2D eigenvalue weighted by atomic mass is 32.2. The monoisotopic (exact) mass is 602 g/mol. The summed E-state index contributed by atoms with van der Waals surface area (Å²) in [7, 11) is 0. The smallest absolute Gasteiger partial charge is 0.363 e. The first kappa shape index (κ1) is 30.9. The number of thioether (sulfide) groups is 2. The van der Waals surface area contributed by atoms with Crippen LogP contribution in [0.4, 0.5) is 0 Å². The van der Waals surface area contributed by atoms with Crippen LogP contribution in [0.25, 0.3) is 0 Å². The maximum Gasteiger partial charge on any atom is 0.363 e. The molecule has 2 aliphatic rings. The summed E-state index contributed by atoms with van der Waals surface area (Å²) < 4.78 is 21.5. The van der Waals surface area contributed by atoms with Gasteiger partial charge >= 0.3 is 11.9 Å². The Morgan fingerprint density at radius 2 is 1.12 bits per heavy atom. The van der Waals surface area contributed by atoms with Crippen LogP contribution >= 0.6 is 23.5 Å². The zero-order chi connectivity index (χ0) is 29.2. The van der Waals surface area contributed by atoms with Crippen molar-refractivity contribution in [3.63, 3.8) is 0 Å². The highest BCUT2D eigenvalue weighted by Crippen LogP contribution is 2.33. The third kappa shape index (κ3) is 8.96. The molecule has 0 saturated carbocycles. The van der Waals surface area contributed by atoms with Crippen molar-refractivity contribution >= 4 is 45.5 Å². The van der Waals surface area contributed by atoms with E-state index in [1.54, 1.807) is 0 Å². The number of hydrogen-bond donors (Lipinski definition) is 2. The number of carbonyl (C=O) groups is 2. The van der Waals surface area contributed by atoms with Crippen molar-refractivity contribution in [3.8, 4) is 11.5 Å². The molecule has 10 nitrogen and oxygen atoms in total. The average Bonchev–Trinajstić information content (AvgIpc) is 3.72. The van der Waals surface area contributed by atoms with Crippen molar-refractivity contribution in [2.75, 3.05) is 51.0 Å². The number of carbonyl (C=O) groups excluding carboxylic acids is 2. The quantitative estimate of drug-likeness (QED) is 0.311. The van der Waals surface area contributed by atoms with Crippen LogP contribution < -0.4 is 9.47 Å². The molecule has 0 aromatic heterocycles. The molecule has 2 N–H and O–H groups in total. The van der Waals surface area contributed by atoms with Crippen molar-refractivity contribution in [1.82, 2.24) is 0 Å². The molecular formula is C29H34N2O8S2. The Morgan fingerprint density at radius 1 is 0.732 bits per heavy atom. The summed E-state index contributed by atoms with van der Waals surface area (Å²) in [6, 6.07) is 15.2. The molecule has 0 fully saturated rings. The molecule has 0 radical (unpaired) electrons. The molecule has 2 aliphatic heterocycles. The molecule has 2 heterocycles. The average molecular weight is 603 g/mol. The highest BCUT2D eigenvalue weighted by molar-refractivity contribution is 8.16. The zero-order valence-electron chi connectivity index (χ0n) is 23.0. The predicted molar refractivity (Wildman–Crippen MR) is 159 cm³/mol. The number of hydrogen-bond acceptors (Lipinski definition) is 12. The molecular weight excluding hydrogens is 568 g/mol. The van der Waals surface area contributed by atoms with Gasteiger partial charge in [-0.05, 0) is 35.4 Å². The number of nitrogens with zero attached hydrogens (tertiary/aromatic N) is 2. The van der Waals surface area contributed by atoms with Gasteiger partial charge in [-0.1, -0.05) is 61.6 Å². The molecule has 0 amide bonds. The summed E-state index contributed by atoms with van der Waals surface area (Å²) in [4.78, 5) is 31.9. The molecule has 12 heteroatoms. The number of benzene rings is 2. The molecule has 0 bridgehead atoms. The van der Waals surface area contributed by atoms with Crippen LogP contribution in [0.3, 0.4) is 0 Å². The van der Waals surface area contributed by atoms with Gasteiger partial charge in [-0.3, -0.25) is 9.98 Å². The third-order valence-electron chi connectivity index (χ3n) is 6.37. The van der Waals surface area contributed by atoms with E-state index in [9.17, 15) is 19.8 Å². The Hall–Kier alpha value is -3.06. The lowest BCUT2D eigenvalue weighted by Gasteiger charge is -2.26. The van der Waals surface area contributed by atoms with Gasteiger partial charge in [0.05, 0.1) is 0 Å². The van der Waals surface area contributed by atoms with Crippen molar-refractivity contribution in [3.05, 3.63) is 59.7 Å². The van der Waals surface area contributed by atoms with E-state index < -0.39 is 24.1 Å². The van der Waals surface area contributed by atoms with E-state index in [1.165, 1.54) is 23.5 Å². The number of aliphatic hydroxyl groups is 2. The Bertz CT molecular complexity index is 1150. The van der Waals surface area contributed by atoms with Gasteiger partial charge in [0, 0.05) is 30.0 Å². The largest absolute Gasteiger partial charge is 0.491 e. The standard InChI is InChI=1S/C29H34N2O8S2/c1-29(2,19-3-7-23(8-4-19)36-15-21(32)17-38-27(34)25-30-11-13-40-25)20-5-9-24(10-6-20)37-16-22(33)18-39-28(35)26-31-12-14-41-26/h3-10,21-22,32-33H,11-18H2,1-2H3.